The van der Waals surface area contributed by atoms with E-state index in [0.717, 1.165) is 11.3 Å². The zero-order valence-corrected chi connectivity index (χ0v) is 18.4. The van der Waals surface area contributed by atoms with Crippen LogP contribution in [0, 0.1) is 0 Å². The van der Waals surface area contributed by atoms with E-state index in [1.807, 2.05) is 18.2 Å². The van der Waals surface area contributed by atoms with E-state index in [2.05, 4.69) is 10.4 Å². The van der Waals surface area contributed by atoms with Gasteiger partial charge in [-0.2, -0.15) is 0 Å². The highest BCUT2D eigenvalue weighted by molar-refractivity contribution is 7.18. The molecule has 5 N–H and O–H groups in total. The van der Waals surface area contributed by atoms with Crippen LogP contribution in [0.4, 0.5) is 16.6 Å². The molecular formula is C22H23N5O4S. The summed E-state index contributed by atoms with van der Waals surface area (Å²) in [4.78, 5) is 40.8. The number of hydrazine groups is 1. The molecule has 0 aliphatic rings. The summed E-state index contributed by atoms with van der Waals surface area (Å²) < 4.78 is 5.40. The van der Waals surface area contributed by atoms with Crippen molar-refractivity contribution in [1.82, 2.24) is 10.4 Å². The van der Waals surface area contributed by atoms with Gasteiger partial charge in [0.05, 0.1) is 5.69 Å². The standard InChI is InChI=1S/C22H23N5O4S/c1-3-17(28)26-27(15-7-5-4-6-8-15)22-25-20(23)19(32-22)18(29)14-9-11-16(12-10-14)31-13(2)21(24)30/h4-13H,3,23H2,1-2H3,(H2,24,30)(H,26,28)/t13-/m1/s1. The number of ether oxygens (including phenoxy) is 1. The van der Waals surface area contributed by atoms with Gasteiger partial charge in [0.1, 0.15) is 16.4 Å². The maximum Gasteiger partial charge on any atom is 0.258 e. The number of primary amides is 1. The number of nitrogen functional groups attached to an aromatic ring is 1. The highest BCUT2D eigenvalue weighted by Gasteiger charge is 2.23. The summed E-state index contributed by atoms with van der Waals surface area (Å²) >= 11 is 1.07. The molecular weight excluding hydrogens is 430 g/mol. The molecule has 166 valence electrons. The average Bonchev–Trinajstić information content (AvgIpc) is 3.18. The van der Waals surface area contributed by atoms with E-state index in [4.69, 9.17) is 16.2 Å². The maximum absolute atomic E-state index is 13.0. The number of para-hydroxylation sites is 1. The molecule has 0 saturated carbocycles. The van der Waals surface area contributed by atoms with Crippen molar-refractivity contribution < 1.29 is 19.1 Å². The lowest BCUT2D eigenvalue weighted by molar-refractivity contribution is -0.124. The molecule has 0 radical (unpaired) electrons. The Hall–Kier alpha value is -3.92. The third kappa shape index (κ3) is 5.22. The first-order valence-electron chi connectivity index (χ1n) is 9.81. The maximum atomic E-state index is 13.0. The van der Waals surface area contributed by atoms with E-state index in [-0.39, 0.29) is 28.8 Å². The molecule has 1 aromatic heterocycles. The van der Waals surface area contributed by atoms with Crippen LogP contribution >= 0.6 is 11.3 Å². The number of benzene rings is 2. The number of rotatable bonds is 9. The Morgan fingerprint density at radius 1 is 1.12 bits per heavy atom. The number of hydrogen-bond acceptors (Lipinski definition) is 8. The molecule has 0 unspecified atom stereocenters. The van der Waals surface area contributed by atoms with Crippen molar-refractivity contribution in [2.45, 2.75) is 26.4 Å². The second-order valence-corrected chi connectivity index (χ2v) is 7.76. The number of ketones is 1. The Bertz CT molecular complexity index is 1120. The van der Waals surface area contributed by atoms with Gasteiger partial charge >= 0.3 is 0 Å². The minimum atomic E-state index is -0.793. The fourth-order valence-electron chi connectivity index (χ4n) is 2.66. The number of thiazole rings is 1. The first-order chi connectivity index (χ1) is 15.3. The van der Waals surface area contributed by atoms with Crippen LogP contribution in [-0.2, 0) is 9.59 Å². The van der Waals surface area contributed by atoms with Gasteiger partial charge in [-0.15, -0.1) is 0 Å². The Labute approximate surface area is 189 Å². The third-order valence-corrected chi connectivity index (χ3v) is 5.50. The highest BCUT2D eigenvalue weighted by atomic mass is 32.1. The number of anilines is 3. The van der Waals surface area contributed by atoms with Gasteiger partial charge in [-0.1, -0.05) is 36.5 Å². The number of hydrogen-bond donors (Lipinski definition) is 3. The average molecular weight is 454 g/mol. The minimum absolute atomic E-state index is 0.0596. The molecule has 9 nitrogen and oxygen atoms in total. The molecule has 0 aliphatic carbocycles. The van der Waals surface area contributed by atoms with Crippen LogP contribution < -0.4 is 26.6 Å². The zero-order valence-electron chi connectivity index (χ0n) is 17.6. The number of nitrogens with zero attached hydrogens (tertiary/aromatic N) is 2. The van der Waals surface area contributed by atoms with Gasteiger partial charge < -0.3 is 16.2 Å². The second kappa shape index (κ2) is 9.92. The fraction of sp³-hybridized carbons (Fsp3) is 0.182. The van der Waals surface area contributed by atoms with E-state index in [1.165, 1.54) is 11.9 Å². The molecule has 2 aromatic carbocycles. The summed E-state index contributed by atoms with van der Waals surface area (Å²) in [5, 5.41) is 1.86. The van der Waals surface area contributed by atoms with Crippen LogP contribution in [-0.4, -0.2) is 28.7 Å². The Kier molecular flexibility index (Phi) is 7.06. The lowest BCUT2D eigenvalue weighted by Gasteiger charge is -2.22. The quantitative estimate of drug-likeness (QED) is 0.334. The lowest BCUT2D eigenvalue weighted by Crippen LogP contribution is -2.38. The van der Waals surface area contributed by atoms with Crippen molar-refractivity contribution >= 4 is 45.6 Å². The Balaban J connectivity index is 1.86. The van der Waals surface area contributed by atoms with Gasteiger partial charge in [0.25, 0.3) is 5.91 Å². The molecule has 0 spiro atoms. The summed E-state index contributed by atoms with van der Waals surface area (Å²) in [6.45, 7) is 3.28. The van der Waals surface area contributed by atoms with Crippen LogP contribution in [0.15, 0.2) is 54.6 Å². The molecule has 3 rings (SSSR count). The molecule has 10 heteroatoms. The second-order valence-electron chi connectivity index (χ2n) is 6.79. The molecule has 0 aliphatic heterocycles. The minimum Gasteiger partial charge on any atom is -0.481 e. The summed E-state index contributed by atoms with van der Waals surface area (Å²) in [5.74, 6) is -0.659. The first-order valence-corrected chi connectivity index (χ1v) is 10.6. The number of carbonyl (C=O) groups excluding carboxylic acids is 3. The van der Waals surface area contributed by atoms with E-state index in [1.54, 1.807) is 43.3 Å². The van der Waals surface area contributed by atoms with Crippen LogP contribution in [0.5, 0.6) is 5.75 Å². The normalized spacial score (nSPS) is 11.4. The van der Waals surface area contributed by atoms with Crippen molar-refractivity contribution in [3.8, 4) is 5.75 Å². The summed E-state index contributed by atoms with van der Waals surface area (Å²) in [6, 6.07) is 15.4. The van der Waals surface area contributed by atoms with Crippen LogP contribution in [0.25, 0.3) is 0 Å². The molecule has 1 heterocycles. The van der Waals surface area contributed by atoms with Crippen LogP contribution in [0.1, 0.15) is 35.5 Å². The van der Waals surface area contributed by atoms with E-state index in [0.29, 0.717) is 22.1 Å². The Morgan fingerprint density at radius 2 is 1.78 bits per heavy atom. The van der Waals surface area contributed by atoms with Gasteiger partial charge in [-0.3, -0.25) is 19.8 Å². The molecule has 3 aromatic rings. The number of aromatic nitrogens is 1. The predicted octanol–water partition coefficient (Wildman–Crippen LogP) is 2.79. The van der Waals surface area contributed by atoms with Crippen molar-refractivity contribution in [3.63, 3.8) is 0 Å². The smallest absolute Gasteiger partial charge is 0.258 e. The van der Waals surface area contributed by atoms with E-state index in [9.17, 15) is 14.4 Å². The van der Waals surface area contributed by atoms with Crippen LogP contribution in [0.2, 0.25) is 0 Å². The number of nitrogens with one attached hydrogen (secondary N) is 1. The summed E-state index contributed by atoms with van der Waals surface area (Å²) in [5.41, 5.74) is 15.1. The summed E-state index contributed by atoms with van der Waals surface area (Å²) in [7, 11) is 0. The van der Waals surface area contributed by atoms with Crippen molar-refractivity contribution in [1.29, 1.82) is 0 Å². The molecule has 2 amide bonds. The first kappa shape index (κ1) is 22.8. The molecule has 0 saturated heterocycles. The fourth-order valence-corrected chi connectivity index (χ4v) is 3.59. The van der Waals surface area contributed by atoms with Gasteiger partial charge in [0, 0.05) is 12.0 Å². The number of amides is 2. The molecule has 32 heavy (non-hydrogen) atoms. The molecule has 0 fully saturated rings. The monoisotopic (exact) mass is 453 g/mol. The van der Waals surface area contributed by atoms with Crippen molar-refractivity contribution in [2.75, 3.05) is 10.7 Å². The largest absolute Gasteiger partial charge is 0.481 e. The van der Waals surface area contributed by atoms with Crippen LogP contribution in [0.3, 0.4) is 0 Å². The van der Waals surface area contributed by atoms with Gasteiger partial charge in [-0.05, 0) is 43.3 Å². The van der Waals surface area contributed by atoms with Gasteiger partial charge in [-0.25, -0.2) is 9.99 Å². The van der Waals surface area contributed by atoms with E-state index < -0.39 is 12.0 Å². The van der Waals surface area contributed by atoms with Crippen molar-refractivity contribution in [3.05, 3.63) is 65.0 Å². The zero-order chi connectivity index (χ0) is 23.3. The topological polar surface area (TPSA) is 141 Å². The highest BCUT2D eigenvalue weighted by Crippen LogP contribution is 2.33. The molecule has 1 atom stereocenters. The van der Waals surface area contributed by atoms with Gasteiger partial charge in [0.2, 0.25) is 16.8 Å². The number of nitrogens with two attached hydrogens (primary N) is 2. The number of carbonyl (C=O) groups is 3. The Morgan fingerprint density at radius 3 is 2.38 bits per heavy atom. The lowest BCUT2D eigenvalue weighted by atomic mass is 10.1. The third-order valence-electron chi connectivity index (χ3n) is 4.44. The SMILES string of the molecule is CCC(=O)NN(c1ccccc1)c1nc(N)c(C(=O)c2ccc(O[C@H](C)C(N)=O)cc2)s1. The van der Waals surface area contributed by atoms with Crippen molar-refractivity contribution in [2.24, 2.45) is 5.73 Å². The van der Waals surface area contributed by atoms with E-state index >= 15 is 0 Å². The molecule has 0 bridgehead atoms. The predicted molar refractivity (Wildman–Crippen MR) is 123 cm³/mol. The van der Waals surface area contributed by atoms with Gasteiger partial charge in [0.15, 0.2) is 6.10 Å². The summed E-state index contributed by atoms with van der Waals surface area (Å²) in [6.07, 6.45) is -0.516.